The fourth-order valence-electron chi connectivity index (χ4n) is 3.70. The van der Waals surface area contributed by atoms with Crippen LogP contribution in [0.4, 0.5) is 5.82 Å². The van der Waals surface area contributed by atoms with Crippen molar-refractivity contribution in [1.82, 2.24) is 14.3 Å². The first-order valence-electron chi connectivity index (χ1n) is 10.8. The van der Waals surface area contributed by atoms with Crippen LogP contribution in [0, 0.1) is 0 Å². The second kappa shape index (κ2) is 9.91. The molecule has 1 aliphatic rings. The number of hydrogen-bond donors (Lipinski definition) is 1. The third-order valence-corrected chi connectivity index (χ3v) is 9.49. The average Bonchev–Trinajstić information content (AvgIpc) is 3.25. The van der Waals surface area contributed by atoms with Crippen LogP contribution in [-0.4, -0.2) is 69.0 Å². The number of hydrogen-bond acceptors (Lipinski definition) is 9. The van der Waals surface area contributed by atoms with E-state index in [0.29, 0.717) is 54.6 Å². The minimum absolute atomic E-state index is 0.161. The van der Waals surface area contributed by atoms with Gasteiger partial charge in [-0.15, -0.1) is 11.3 Å². The predicted octanol–water partition coefficient (Wildman–Crippen LogP) is 3.05. The molecule has 1 saturated heterocycles. The van der Waals surface area contributed by atoms with Gasteiger partial charge in [0.15, 0.2) is 11.6 Å². The highest BCUT2D eigenvalue weighted by atomic mass is 32.2. The highest BCUT2D eigenvalue weighted by Crippen LogP contribution is 2.35. The number of rotatable bonds is 8. The van der Waals surface area contributed by atoms with Crippen molar-refractivity contribution < 1.29 is 26.1 Å². The van der Waals surface area contributed by atoms with Crippen LogP contribution in [0.1, 0.15) is 22.6 Å². The van der Waals surface area contributed by atoms with E-state index in [2.05, 4.69) is 11.5 Å². The van der Waals surface area contributed by atoms with Gasteiger partial charge < -0.3 is 9.64 Å². The standard InChI is InChI=1S/C22H26N4O6S3/c1-4-34(27,28)25(3)14-18-13-19-20(33-18)22(26-8-10-32-11-9-26)24-21(23-19)17-7-5-6-16(12-17)15(2)35(29,30)31/h4-7,12-13,15H,1,8-11,14H2,2-3H3,(H,29,30,31). The maximum atomic E-state index is 12.1. The van der Waals surface area contributed by atoms with E-state index in [1.807, 2.05) is 6.07 Å². The molecule has 0 bridgehead atoms. The first-order valence-corrected chi connectivity index (χ1v) is 14.6. The summed E-state index contributed by atoms with van der Waals surface area (Å²) < 4.78 is 64.6. The fraction of sp³-hybridized carbons (Fsp3) is 0.364. The van der Waals surface area contributed by atoms with Crippen LogP contribution in [0.15, 0.2) is 42.3 Å². The van der Waals surface area contributed by atoms with Crippen molar-refractivity contribution in [1.29, 1.82) is 0 Å². The third kappa shape index (κ3) is 5.55. The van der Waals surface area contributed by atoms with E-state index in [-0.39, 0.29) is 6.54 Å². The molecule has 3 aromatic rings. The van der Waals surface area contributed by atoms with Gasteiger partial charge in [-0.05, 0) is 24.6 Å². The van der Waals surface area contributed by atoms with Crippen molar-refractivity contribution in [3.05, 3.63) is 52.8 Å². The zero-order valence-corrected chi connectivity index (χ0v) is 21.7. The van der Waals surface area contributed by atoms with Gasteiger partial charge in [0.2, 0.25) is 10.0 Å². The Bertz CT molecular complexity index is 1460. The quantitative estimate of drug-likeness (QED) is 0.430. The molecule has 0 saturated carbocycles. The molecule has 13 heteroatoms. The van der Waals surface area contributed by atoms with Crippen molar-refractivity contribution in [3.63, 3.8) is 0 Å². The van der Waals surface area contributed by atoms with Gasteiger partial charge in [0.1, 0.15) is 5.25 Å². The molecular weight excluding hydrogens is 512 g/mol. The van der Waals surface area contributed by atoms with Crippen molar-refractivity contribution in [2.45, 2.75) is 18.7 Å². The van der Waals surface area contributed by atoms with Crippen molar-refractivity contribution in [2.24, 2.45) is 0 Å². The minimum atomic E-state index is -4.26. The van der Waals surface area contributed by atoms with Gasteiger partial charge in [0, 0.05) is 42.5 Å². The topological polar surface area (TPSA) is 130 Å². The highest BCUT2D eigenvalue weighted by Gasteiger charge is 2.23. The second-order valence-electron chi connectivity index (χ2n) is 8.15. The van der Waals surface area contributed by atoms with Gasteiger partial charge in [-0.25, -0.2) is 18.4 Å². The van der Waals surface area contributed by atoms with E-state index < -0.39 is 25.4 Å². The van der Waals surface area contributed by atoms with Crippen molar-refractivity contribution in [3.8, 4) is 11.4 Å². The number of aromatic nitrogens is 2. The van der Waals surface area contributed by atoms with Gasteiger partial charge in [-0.3, -0.25) is 4.55 Å². The van der Waals surface area contributed by atoms with E-state index in [4.69, 9.17) is 14.7 Å². The Balaban J connectivity index is 1.81. The Hall–Kier alpha value is -2.42. The molecule has 10 nitrogen and oxygen atoms in total. The zero-order valence-electron chi connectivity index (χ0n) is 19.3. The molecule has 0 amide bonds. The number of fused-ring (bicyclic) bond motifs is 1. The number of nitrogens with zero attached hydrogens (tertiary/aromatic N) is 4. The zero-order chi connectivity index (χ0) is 25.4. The van der Waals surface area contributed by atoms with Crippen LogP contribution in [0.3, 0.4) is 0 Å². The summed E-state index contributed by atoms with van der Waals surface area (Å²) in [5.41, 5.74) is 1.69. The molecule has 1 aromatic carbocycles. The maximum Gasteiger partial charge on any atom is 0.271 e. The monoisotopic (exact) mass is 538 g/mol. The number of thiophene rings is 1. The summed E-state index contributed by atoms with van der Waals surface area (Å²) in [6, 6.07) is 8.60. The molecule has 4 rings (SSSR count). The van der Waals surface area contributed by atoms with E-state index in [1.54, 1.807) is 24.3 Å². The molecule has 0 radical (unpaired) electrons. The summed E-state index contributed by atoms with van der Waals surface area (Å²) in [4.78, 5) is 12.4. The normalized spacial score (nSPS) is 16.1. The summed E-state index contributed by atoms with van der Waals surface area (Å²) in [6.07, 6.45) is 0. The van der Waals surface area contributed by atoms with Gasteiger partial charge >= 0.3 is 0 Å². The fourth-order valence-corrected chi connectivity index (χ4v) is 6.01. The lowest BCUT2D eigenvalue weighted by atomic mass is 10.1. The summed E-state index contributed by atoms with van der Waals surface area (Å²) in [5.74, 6) is 1.12. The first-order chi connectivity index (χ1) is 16.5. The Morgan fingerprint density at radius 1 is 1.23 bits per heavy atom. The Kier molecular flexibility index (Phi) is 7.27. The molecule has 0 spiro atoms. The molecule has 1 N–H and O–H groups in total. The van der Waals surface area contributed by atoms with E-state index >= 15 is 0 Å². The van der Waals surface area contributed by atoms with Gasteiger partial charge in [0.05, 0.1) is 23.4 Å². The summed E-state index contributed by atoms with van der Waals surface area (Å²) in [5, 5.41) is -0.183. The van der Waals surface area contributed by atoms with Crippen molar-refractivity contribution >= 4 is 47.5 Å². The second-order valence-corrected chi connectivity index (χ2v) is 13.0. The lowest BCUT2D eigenvalue weighted by molar-refractivity contribution is 0.122. The smallest absolute Gasteiger partial charge is 0.271 e. The van der Waals surface area contributed by atoms with Crippen molar-refractivity contribution in [2.75, 3.05) is 38.3 Å². The SMILES string of the molecule is C=CS(=O)(=O)N(C)Cc1cc2nc(-c3cccc(C(C)S(=O)(=O)O)c3)nc(N3CCOCC3)c2s1. The Morgan fingerprint density at radius 3 is 2.60 bits per heavy atom. The van der Waals surface area contributed by atoms with Crippen LogP contribution >= 0.6 is 11.3 Å². The van der Waals surface area contributed by atoms with Gasteiger partial charge in [0.25, 0.3) is 10.1 Å². The summed E-state index contributed by atoms with van der Waals surface area (Å²) in [6.45, 7) is 7.34. The largest absolute Gasteiger partial charge is 0.378 e. The Morgan fingerprint density at radius 2 is 1.94 bits per heavy atom. The maximum absolute atomic E-state index is 12.1. The predicted molar refractivity (Wildman–Crippen MR) is 136 cm³/mol. The van der Waals surface area contributed by atoms with Crippen LogP contribution in [0.5, 0.6) is 0 Å². The molecule has 35 heavy (non-hydrogen) atoms. The Labute approximate surface area is 208 Å². The van der Waals surface area contributed by atoms with E-state index in [0.717, 1.165) is 15.0 Å². The third-order valence-electron chi connectivity index (χ3n) is 5.80. The molecule has 2 aromatic heterocycles. The van der Waals surface area contributed by atoms with Crippen LogP contribution in [0.25, 0.3) is 21.6 Å². The van der Waals surface area contributed by atoms with Crippen LogP contribution < -0.4 is 4.90 Å². The molecule has 3 heterocycles. The molecular formula is C22H26N4O6S3. The molecule has 1 fully saturated rings. The molecule has 1 unspecified atom stereocenters. The summed E-state index contributed by atoms with van der Waals surface area (Å²) in [7, 11) is -6.34. The van der Waals surface area contributed by atoms with E-state index in [1.165, 1.54) is 29.6 Å². The lowest BCUT2D eigenvalue weighted by Gasteiger charge is -2.28. The average molecular weight is 539 g/mol. The number of sulfonamides is 1. The summed E-state index contributed by atoms with van der Waals surface area (Å²) >= 11 is 1.43. The number of anilines is 1. The molecule has 1 atom stereocenters. The lowest BCUT2D eigenvalue weighted by Crippen LogP contribution is -2.36. The molecule has 188 valence electrons. The highest BCUT2D eigenvalue weighted by molar-refractivity contribution is 7.91. The minimum Gasteiger partial charge on any atom is -0.378 e. The first kappa shape index (κ1) is 25.7. The molecule has 1 aliphatic heterocycles. The number of benzene rings is 1. The number of ether oxygens (including phenoxy) is 1. The molecule has 0 aliphatic carbocycles. The van der Waals surface area contributed by atoms with E-state index in [9.17, 15) is 21.4 Å². The van der Waals surface area contributed by atoms with Crippen LogP contribution in [0.2, 0.25) is 0 Å². The number of morpholine rings is 1. The van der Waals surface area contributed by atoms with Crippen LogP contribution in [-0.2, 0) is 31.4 Å². The van der Waals surface area contributed by atoms with Gasteiger partial charge in [-0.2, -0.15) is 12.7 Å². The van der Waals surface area contributed by atoms with Gasteiger partial charge in [-0.1, -0.05) is 24.8 Å².